The number of nitrogens with two attached hydrogens (primary N) is 1. The molecule has 6 nitrogen and oxygen atoms in total. The van der Waals surface area contributed by atoms with E-state index in [1.807, 2.05) is 0 Å². The number of furan rings is 1. The topological polar surface area (TPSA) is 102 Å². The van der Waals surface area contributed by atoms with Crippen molar-refractivity contribution in [2.75, 3.05) is 5.32 Å². The fraction of sp³-hybridized carbons (Fsp3) is 0. The molecule has 0 fully saturated rings. The third-order valence-electron chi connectivity index (χ3n) is 4.19. The van der Waals surface area contributed by atoms with Crippen molar-refractivity contribution in [2.45, 2.75) is 4.90 Å². The van der Waals surface area contributed by atoms with E-state index in [0.29, 0.717) is 16.8 Å². The Bertz CT molecular complexity index is 1120. The average molecular weight is 390 g/mol. The standard InChI is InChI=1S/C21H14N2O4S/c22-17-18(24)14-4-1-2-5-15(14)19(25)20(17)28-13-9-7-12(8-10-13)23-21(26)16-6-3-11-27-16/h1-11H,22H2,(H,23,26). The van der Waals surface area contributed by atoms with Crippen molar-refractivity contribution in [3.63, 3.8) is 0 Å². The summed E-state index contributed by atoms with van der Waals surface area (Å²) in [6.45, 7) is 0. The molecule has 3 aromatic rings. The van der Waals surface area contributed by atoms with Crippen molar-refractivity contribution in [3.05, 3.63) is 94.4 Å². The Morgan fingerprint density at radius 1 is 0.893 bits per heavy atom. The van der Waals surface area contributed by atoms with Crippen LogP contribution in [0.5, 0.6) is 0 Å². The molecule has 0 saturated heterocycles. The van der Waals surface area contributed by atoms with Crippen LogP contribution in [0.3, 0.4) is 0 Å². The van der Waals surface area contributed by atoms with Crippen LogP contribution in [-0.2, 0) is 0 Å². The zero-order valence-electron chi connectivity index (χ0n) is 14.5. The largest absolute Gasteiger partial charge is 0.459 e. The van der Waals surface area contributed by atoms with Gasteiger partial charge < -0.3 is 15.5 Å². The van der Waals surface area contributed by atoms with Crippen molar-refractivity contribution >= 4 is 34.9 Å². The lowest BCUT2D eigenvalue weighted by molar-refractivity contribution is 0.0980. The first-order valence-electron chi connectivity index (χ1n) is 8.35. The van der Waals surface area contributed by atoms with Crippen LogP contribution in [0.2, 0.25) is 0 Å². The fourth-order valence-corrected chi connectivity index (χ4v) is 3.71. The second kappa shape index (κ2) is 7.21. The van der Waals surface area contributed by atoms with Crippen LogP contribution < -0.4 is 11.1 Å². The molecule has 0 aliphatic heterocycles. The van der Waals surface area contributed by atoms with Gasteiger partial charge in [-0.2, -0.15) is 0 Å². The number of fused-ring (bicyclic) bond motifs is 1. The minimum atomic E-state index is -0.359. The summed E-state index contributed by atoms with van der Waals surface area (Å²) in [7, 11) is 0. The van der Waals surface area contributed by atoms with Gasteiger partial charge in [0, 0.05) is 21.7 Å². The Morgan fingerprint density at radius 2 is 1.57 bits per heavy atom. The molecule has 1 aliphatic carbocycles. The first-order chi connectivity index (χ1) is 13.5. The summed E-state index contributed by atoms with van der Waals surface area (Å²) in [4.78, 5) is 38.1. The van der Waals surface area contributed by atoms with Crippen LogP contribution in [0.1, 0.15) is 31.3 Å². The number of carbonyl (C=O) groups is 3. The molecule has 0 bridgehead atoms. The van der Waals surface area contributed by atoms with E-state index in [0.717, 1.165) is 16.7 Å². The van der Waals surface area contributed by atoms with E-state index >= 15 is 0 Å². The van der Waals surface area contributed by atoms with Crippen LogP contribution in [-0.4, -0.2) is 17.5 Å². The number of carbonyl (C=O) groups excluding carboxylic acids is 3. The van der Waals surface area contributed by atoms with Gasteiger partial charge in [-0.25, -0.2) is 0 Å². The predicted octanol–water partition coefficient (Wildman–Crippen LogP) is 3.87. The molecule has 1 heterocycles. The highest BCUT2D eigenvalue weighted by Gasteiger charge is 2.31. The van der Waals surface area contributed by atoms with Crippen molar-refractivity contribution in [1.82, 2.24) is 0 Å². The number of hydrogen-bond donors (Lipinski definition) is 2. The number of nitrogens with one attached hydrogen (secondary N) is 1. The molecular weight excluding hydrogens is 376 g/mol. The Kier molecular flexibility index (Phi) is 4.58. The third kappa shape index (κ3) is 3.23. The quantitative estimate of drug-likeness (QED) is 0.701. The Hall–Kier alpha value is -3.58. The van der Waals surface area contributed by atoms with Gasteiger partial charge in [-0.3, -0.25) is 14.4 Å². The number of anilines is 1. The van der Waals surface area contributed by atoms with Crippen LogP contribution in [0.15, 0.2) is 86.8 Å². The van der Waals surface area contributed by atoms with Crippen molar-refractivity contribution in [3.8, 4) is 0 Å². The highest BCUT2D eigenvalue weighted by atomic mass is 32.2. The van der Waals surface area contributed by atoms with E-state index in [1.165, 1.54) is 6.26 Å². The summed E-state index contributed by atoms with van der Waals surface area (Å²) in [6.07, 6.45) is 1.42. The van der Waals surface area contributed by atoms with Crippen LogP contribution in [0.4, 0.5) is 5.69 Å². The number of benzene rings is 2. The molecule has 0 saturated carbocycles. The van der Waals surface area contributed by atoms with Gasteiger partial charge in [0.1, 0.15) is 0 Å². The summed E-state index contributed by atoms with van der Waals surface area (Å²) >= 11 is 1.13. The lowest BCUT2D eigenvalue weighted by atomic mass is 9.93. The molecule has 7 heteroatoms. The van der Waals surface area contributed by atoms with Crippen LogP contribution in [0, 0.1) is 0 Å². The first-order valence-corrected chi connectivity index (χ1v) is 9.17. The molecule has 0 spiro atoms. The minimum absolute atomic E-state index is 0.0519. The van der Waals surface area contributed by atoms with Crippen LogP contribution in [0.25, 0.3) is 0 Å². The van der Waals surface area contributed by atoms with Gasteiger partial charge in [0.25, 0.3) is 5.91 Å². The van der Waals surface area contributed by atoms with Gasteiger partial charge in [-0.15, -0.1) is 0 Å². The maximum atomic E-state index is 12.7. The smallest absolute Gasteiger partial charge is 0.291 e. The van der Waals surface area contributed by atoms with E-state index in [9.17, 15) is 14.4 Å². The zero-order valence-corrected chi connectivity index (χ0v) is 15.3. The van der Waals surface area contributed by atoms with Crippen molar-refractivity contribution < 1.29 is 18.8 Å². The Morgan fingerprint density at radius 3 is 2.21 bits per heavy atom. The number of thioether (sulfide) groups is 1. The molecule has 4 rings (SSSR count). The third-order valence-corrected chi connectivity index (χ3v) is 5.31. The van der Waals surface area contributed by atoms with Gasteiger partial charge in [-0.05, 0) is 36.4 Å². The van der Waals surface area contributed by atoms with Crippen LogP contribution >= 0.6 is 11.8 Å². The highest BCUT2D eigenvalue weighted by Crippen LogP contribution is 2.35. The number of ketones is 2. The number of allylic oxidation sites excluding steroid dienone is 2. The monoisotopic (exact) mass is 390 g/mol. The van der Waals surface area contributed by atoms with Gasteiger partial charge in [0.15, 0.2) is 5.76 Å². The minimum Gasteiger partial charge on any atom is -0.459 e. The summed E-state index contributed by atoms with van der Waals surface area (Å²) in [5, 5.41) is 2.71. The van der Waals surface area contributed by atoms with Crippen molar-refractivity contribution in [1.29, 1.82) is 0 Å². The molecule has 2 aromatic carbocycles. The van der Waals surface area contributed by atoms with Crippen molar-refractivity contribution in [2.24, 2.45) is 5.73 Å². The fourth-order valence-electron chi connectivity index (χ4n) is 2.80. The Labute approximate surface area is 164 Å². The molecule has 1 aliphatic rings. The molecule has 0 atom stereocenters. The maximum Gasteiger partial charge on any atom is 0.291 e. The second-order valence-electron chi connectivity index (χ2n) is 6.00. The molecule has 1 aromatic heterocycles. The predicted molar refractivity (Wildman–Crippen MR) is 105 cm³/mol. The molecule has 0 radical (unpaired) electrons. The summed E-state index contributed by atoms with van der Waals surface area (Å²) in [6, 6.07) is 16.7. The highest BCUT2D eigenvalue weighted by molar-refractivity contribution is 8.04. The lowest BCUT2D eigenvalue weighted by Crippen LogP contribution is -2.25. The van der Waals surface area contributed by atoms with E-state index in [-0.39, 0.29) is 33.8 Å². The summed E-state index contributed by atoms with van der Waals surface area (Å²) < 4.78 is 5.05. The summed E-state index contributed by atoms with van der Waals surface area (Å²) in [5.41, 5.74) is 7.15. The van der Waals surface area contributed by atoms with Gasteiger partial charge in [-0.1, -0.05) is 36.0 Å². The summed E-state index contributed by atoms with van der Waals surface area (Å²) in [5.74, 6) is -0.767. The molecule has 138 valence electrons. The lowest BCUT2D eigenvalue weighted by Gasteiger charge is -2.18. The Balaban J connectivity index is 1.53. The molecule has 28 heavy (non-hydrogen) atoms. The molecule has 3 N–H and O–H groups in total. The van der Waals surface area contributed by atoms with Gasteiger partial charge in [0.2, 0.25) is 11.6 Å². The molecule has 0 unspecified atom stereocenters. The van der Waals surface area contributed by atoms with E-state index in [2.05, 4.69) is 5.32 Å². The zero-order chi connectivity index (χ0) is 19.7. The molecular formula is C21H14N2O4S. The first kappa shape index (κ1) is 17.8. The van der Waals surface area contributed by atoms with E-state index < -0.39 is 0 Å². The van der Waals surface area contributed by atoms with E-state index in [4.69, 9.17) is 10.2 Å². The number of hydrogen-bond acceptors (Lipinski definition) is 6. The molecule has 1 amide bonds. The SMILES string of the molecule is NC1=C(Sc2ccc(NC(=O)c3ccco3)cc2)C(=O)c2ccccc2C1=O. The number of rotatable bonds is 4. The van der Waals surface area contributed by atoms with Gasteiger partial charge in [0.05, 0.1) is 16.9 Å². The van der Waals surface area contributed by atoms with E-state index in [1.54, 1.807) is 60.7 Å². The average Bonchev–Trinajstić information content (AvgIpc) is 3.26. The second-order valence-corrected chi connectivity index (χ2v) is 7.09. The maximum absolute atomic E-state index is 12.7. The van der Waals surface area contributed by atoms with Gasteiger partial charge >= 0.3 is 0 Å². The number of Topliss-reactive ketones (excluding diaryl/α,β-unsaturated/α-hetero) is 2. The normalized spacial score (nSPS) is 13.4. The number of amides is 1.